The van der Waals surface area contributed by atoms with Gasteiger partial charge in [-0.25, -0.2) is 9.97 Å². The van der Waals surface area contributed by atoms with Gasteiger partial charge in [0.1, 0.15) is 12.1 Å². The van der Waals surface area contributed by atoms with E-state index in [4.69, 9.17) is 0 Å². The van der Waals surface area contributed by atoms with E-state index < -0.39 is 0 Å². The zero-order chi connectivity index (χ0) is 20.8. The van der Waals surface area contributed by atoms with Gasteiger partial charge in [-0.05, 0) is 42.5 Å². The van der Waals surface area contributed by atoms with Gasteiger partial charge in [0.15, 0.2) is 0 Å². The number of rotatable bonds is 6. The first-order valence-electron chi connectivity index (χ1n) is 9.23. The Kier molecular flexibility index (Phi) is 5.56. The minimum atomic E-state index is -0.314. The maximum Gasteiger partial charge on any atom is 0.257 e. The van der Waals surface area contributed by atoms with Crippen molar-refractivity contribution in [3.63, 3.8) is 0 Å². The van der Waals surface area contributed by atoms with E-state index in [0.29, 0.717) is 29.2 Å². The molecule has 30 heavy (non-hydrogen) atoms. The molecular weight excluding hydrogens is 380 g/mol. The molecule has 3 aromatic heterocycles. The molecule has 0 bridgehead atoms. The first kappa shape index (κ1) is 19.0. The Morgan fingerprint density at radius 3 is 2.57 bits per heavy atom. The second-order valence-electron chi connectivity index (χ2n) is 6.41. The topological polar surface area (TPSA) is 102 Å². The number of hydrogen-bond donors (Lipinski definition) is 2. The molecule has 4 rings (SSSR count). The summed E-state index contributed by atoms with van der Waals surface area (Å²) in [6.45, 7) is 0.325. The summed E-state index contributed by atoms with van der Waals surface area (Å²) >= 11 is 0. The smallest absolute Gasteiger partial charge is 0.257 e. The van der Waals surface area contributed by atoms with E-state index in [0.717, 1.165) is 5.69 Å². The largest absolute Gasteiger partial charge is 0.346 e. The highest BCUT2D eigenvalue weighted by atomic mass is 16.2. The van der Waals surface area contributed by atoms with Crippen molar-refractivity contribution in [2.45, 2.75) is 6.54 Å². The van der Waals surface area contributed by atoms with Gasteiger partial charge in [-0.2, -0.15) is 0 Å². The van der Waals surface area contributed by atoms with Gasteiger partial charge >= 0.3 is 0 Å². The predicted molar refractivity (Wildman–Crippen MR) is 111 cm³/mol. The van der Waals surface area contributed by atoms with Crippen LogP contribution in [0.2, 0.25) is 0 Å². The van der Waals surface area contributed by atoms with E-state index in [9.17, 15) is 9.59 Å². The average Bonchev–Trinajstić information content (AvgIpc) is 3.33. The summed E-state index contributed by atoms with van der Waals surface area (Å²) in [5.41, 5.74) is 2.13. The van der Waals surface area contributed by atoms with Crippen LogP contribution in [-0.2, 0) is 6.54 Å². The van der Waals surface area contributed by atoms with Crippen LogP contribution >= 0.6 is 0 Å². The van der Waals surface area contributed by atoms with Crippen molar-refractivity contribution in [2.75, 3.05) is 5.32 Å². The van der Waals surface area contributed by atoms with Crippen LogP contribution in [-0.4, -0.2) is 31.3 Å². The van der Waals surface area contributed by atoms with Crippen molar-refractivity contribution in [3.8, 4) is 5.82 Å². The van der Waals surface area contributed by atoms with Gasteiger partial charge in [0, 0.05) is 36.0 Å². The van der Waals surface area contributed by atoms with Crippen LogP contribution in [0.3, 0.4) is 0 Å². The number of hydrogen-bond acceptors (Lipinski definition) is 5. The minimum Gasteiger partial charge on any atom is -0.346 e. The fraction of sp³-hybridized carbons (Fsp3) is 0.0455. The summed E-state index contributed by atoms with van der Waals surface area (Å²) < 4.78 is 1.74. The summed E-state index contributed by atoms with van der Waals surface area (Å²) in [4.78, 5) is 37.4. The third kappa shape index (κ3) is 4.56. The lowest BCUT2D eigenvalue weighted by molar-refractivity contribution is 0.0949. The third-order valence-electron chi connectivity index (χ3n) is 4.32. The molecule has 0 saturated carbocycles. The van der Waals surface area contributed by atoms with Gasteiger partial charge in [0.2, 0.25) is 0 Å². The Hall–Kier alpha value is -4.33. The molecule has 8 nitrogen and oxygen atoms in total. The number of carbonyl (C=O) groups is 2. The van der Waals surface area contributed by atoms with Crippen molar-refractivity contribution in [1.82, 2.24) is 24.8 Å². The highest BCUT2D eigenvalue weighted by molar-refractivity contribution is 6.05. The third-order valence-corrected chi connectivity index (χ3v) is 4.32. The molecule has 0 radical (unpaired) electrons. The number of imidazole rings is 1. The average molecular weight is 398 g/mol. The zero-order valence-electron chi connectivity index (χ0n) is 15.9. The number of anilines is 1. The molecule has 1 aromatic carbocycles. The molecule has 2 amide bonds. The van der Waals surface area contributed by atoms with Crippen molar-refractivity contribution < 1.29 is 9.59 Å². The lowest BCUT2D eigenvalue weighted by Crippen LogP contribution is -2.23. The molecule has 8 heteroatoms. The Balaban J connectivity index is 1.40. The molecule has 0 atom stereocenters. The molecule has 2 N–H and O–H groups in total. The molecule has 148 valence electrons. The number of benzene rings is 1. The van der Waals surface area contributed by atoms with E-state index in [-0.39, 0.29) is 11.8 Å². The summed E-state index contributed by atoms with van der Waals surface area (Å²) in [6.07, 6.45) is 8.23. The first-order valence-corrected chi connectivity index (χ1v) is 9.23. The SMILES string of the molecule is O=C(NCc1ccccn1)c1cccc(NC(=O)c2ccc(-n3ccnc3)nc2)c1. The van der Waals surface area contributed by atoms with Crippen LogP contribution in [0.25, 0.3) is 5.82 Å². The highest BCUT2D eigenvalue weighted by Gasteiger charge is 2.10. The Bertz CT molecular complexity index is 1140. The van der Waals surface area contributed by atoms with Gasteiger partial charge in [-0.15, -0.1) is 0 Å². The van der Waals surface area contributed by atoms with Gasteiger partial charge < -0.3 is 10.6 Å². The van der Waals surface area contributed by atoms with Gasteiger partial charge in [-0.1, -0.05) is 12.1 Å². The summed E-state index contributed by atoms with van der Waals surface area (Å²) in [6, 6.07) is 15.7. The summed E-state index contributed by atoms with van der Waals surface area (Å²) in [7, 11) is 0. The number of nitrogens with zero attached hydrogens (tertiary/aromatic N) is 4. The fourth-order valence-electron chi connectivity index (χ4n) is 2.78. The normalized spacial score (nSPS) is 10.4. The van der Waals surface area contributed by atoms with Crippen molar-refractivity contribution >= 4 is 17.5 Å². The Morgan fingerprint density at radius 1 is 0.900 bits per heavy atom. The molecule has 4 aromatic rings. The Morgan fingerprint density at radius 2 is 1.83 bits per heavy atom. The lowest BCUT2D eigenvalue weighted by Gasteiger charge is -2.09. The quantitative estimate of drug-likeness (QED) is 0.520. The first-order chi connectivity index (χ1) is 14.7. The zero-order valence-corrected chi connectivity index (χ0v) is 15.9. The maximum atomic E-state index is 12.5. The van der Waals surface area contributed by atoms with Crippen molar-refractivity contribution in [2.24, 2.45) is 0 Å². The lowest BCUT2D eigenvalue weighted by atomic mass is 10.1. The van der Waals surface area contributed by atoms with E-state index in [2.05, 4.69) is 25.6 Å². The molecule has 0 aliphatic carbocycles. The minimum absolute atomic E-state index is 0.247. The van der Waals surface area contributed by atoms with Crippen LogP contribution < -0.4 is 10.6 Å². The second-order valence-corrected chi connectivity index (χ2v) is 6.41. The van der Waals surface area contributed by atoms with Crippen molar-refractivity contribution in [1.29, 1.82) is 0 Å². The van der Waals surface area contributed by atoms with Gasteiger partial charge in [0.25, 0.3) is 11.8 Å². The Labute approximate surface area is 172 Å². The van der Waals surface area contributed by atoms with Gasteiger partial charge in [0.05, 0.1) is 17.8 Å². The van der Waals surface area contributed by atoms with Gasteiger partial charge in [-0.3, -0.25) is 19.1 Å². The number of aromatic nitrogens is 4. The molecule has 0 fully saturated rings. The standard InChI is InChI=1S/C22H18N6O2/c29-21(26-14-19-5-1-2-9-24-19)16-4-3-6-18(12-16)27-22(30)17-7-8-20(25-13-17)28-11-10-23-15-28/h1-13,15H,14H2,(H,26,29)(H,27,30). The molecule has 3 heterocycles. The van der Waals surface area contributed by atoms with Crippen molar-refractivity contribution in [3.05, 3.63) is 103 Å². The molecule has 0 aliphatic heterocycles. The molecule has 0 unspecified atom stereocenters. The van der Waals surface area contributed by atoms with Crippen LogP contribution in [0.5, 0.6) is 0 Å². The van der Waals surface area contributed by atoms with Crippen LogP contribution in [0.4, 0.5) is 5.69 Å². The molecular formula is C22H18N6O2. The fourth-order valence-corrected chi connectivity index (χ4v) is 2.78. The highest BCUT2D eigenvalue weighted by Crippen LogP contribution is 2.13. The van der Waals surface area contributed by atoms with E-state index in [1.807, 2.05) is 18.2 Å². The second kappa shape index (κ2) is 8.78. The number of nitrogens with one attached hydrogen (secondary N) is 2. The molecule has 0 spiro atoms. The predicted octanol–water partition coefficient (Wildman–Crippen LogP) is 2.84. The summed E-state index contributed by atoms with van der Waals surface area (Å²) in [5, 5.41) is 5.61. The van der Waals surface area contributed by atoms with Crippen LogP contribution in [0, 0.1) is 0 Å². The van der Waals surface area contributed by atoms with Crippen LogP contribution in [0.15, 0.2) is 85.7 Å². The summed E-state index contributed by atoms with van der Waals surface area (Å²) in [5.74, 6) is 0.101. The number of amides is 2. The monoisotopic (exact) mass is 398 g/mol. The molecule has 0 aliphatic rings. The van der Waals surface area contributed by atoms with Crippen LogP contribution in [0.1, 0.15) is 26.4 Å². The maximum absolute atomic E-state index is 12.5. The number of pyridine rings is 2. The number of carbonyl (C=O) groups excluding carboxylic acids is 2. The van der Waals surface area contributed by atoms with E-state index >= 15 is 0 Å². The molecule has 0 saturated heterocycles. The van der Waals surface area contributed by atoms with E-state index in [1.54, 1.807) is 65.9 Å². The van der Waals surface area contributed by atoms with E-state index in [1.165, 1.54) is 6.20 Å².